The van der Waals surface area contributed by atoms with Crippen LogP contribution in [0.5, 0.6) is 0 Å². The summed E-state index contributed by atoms with van der Waals surface area (Å²) >= 11 is 1.88. The minimum atomic E-state index is 0.382. The average molecular weight is 265 g/mol. The van der Waals surface area contributed by atoms with Gasteiger partial charge in [-0.2, -0.15) is 0 Å². The summed E-state index contributed by atoms with van der Waals surface area (Å²) in [5, 5.41) is 2.18. The Morgan fingerprint density at radius 1 is 1.33 bits per heavy atom. The van der Waals surface area contributed by atoms with Crippen molar-refractivity contribution in [1.29, 1.82) is 0 Å². The molecule has 1 saturated carbocycles. The summed E-state index contributed by atoms with van der Waals surface area (Å²) < 4.78 is 0. The summed E-state index contributed by atoms with van der Waals surface area (Å²) in [5.74, 6) is 0.875. The van der Waals surface area contributed by atoms with Crippen LogP contribution in [0.1, 0.15) is 51.3 Å². The van der Waals surface area contributed by atoms with Crippen LogP contribution in [-0.4, -0.2) is 6.54 Å². The van der Waals surface area contributed by atoms with Crippen LogP contribution >= 0.6 is 11.3 Å². The van der Waals surface area contributed by atoms with Crippen molar-refractivity contribution in [3.63, 3.8) is 0 Å². The van der Waals surface area contributed by atoms with Gasteiger partial charge in [-0.15, -0.1) is 11.3 Å². The van der Waals surface area contributed by atoms with Gasteiger partial charge in [-0.1, -0.05) is 26.8 Å². The van der Waals surface area contributed by atoms with E-state index in [4.69, 9.17) is 5.73 Å². The van der Waals surface area contributed by atoms with E-state index in [1.165, 1.54) is 37.0 Å². The first kappa shape index (κ1) is 14.1. The lowest BCUT2D eigenvalue weighted by molar-refractivity contribution is 0.0932. The van der Waals surface area contributed by atoms with E-state index in [-0.39, 0.29) is 0 Å². The van der Waals surface area contributed by atoms with Crippen molar-refractivity contribution in [2.45, 2.75) is 52.9 Å². The number of thiophene rings is 1. The lowest BCUT2D eigenvalue weighted by Crippen LogP contribution is -2.39. The van der Waals surface area contributed by atoms with E-state index in [9.17, 15) is 0 Å². The second-order valence-electron chi connectivity index (χ2n) is 7.10. The molecule has 18 heavy (non-hydrogen) atoms. The Labute approximate surface area is 116 Å². The van der Waals surface area contributed by atoms with Gasteiger partial charge in [-0.05, 0) is 66.8 Å². The molecule has 2 rings (SSSR count). The molecule has 0 aromatic carbocycles. The second kappa shape index (κ2) is 5.34. The first-order valence-electron chi connectivity index (χ1n) is 7.18. The first-order valence-corrected chi connectivity index (χ1v) is 8.06. The summed E-state index contributed by atoms with van der Waals surface area (Å²) in [5.41, 5.74) is 6.96. The Hall–Kier alpha value is -0.340. The van der Waals surface area contributed by atoms with E-state index in [0.717, 1.165) is 12.5 Å². The van der Waals surface area contributed by atoms with E-state index in [1.54, 1.807) is 0 Å². The molecule has 1 fully saturated rings. The summed E-state index contributed by atoms with van der Waals surface area (Å²) in [6, 6.07) is 4.42. The first-order chi connectivity index (χ1) is 8.45. The van der Waals surface area contributed by atoms with Crippen molar-refractivity contribution >= 4 is 11.3 Å². The maximum Gasteiger partial charge on any atom is 0.00512 e. The van der Waals surface area contributed by atoms with Gasteiger partial charge in [0.05, 0.1) is 0 Å². The van der Waals surface area contributed by atoms with Gasteiger partial charge in [0.1, 0.15) is 0 Å². The third-order valence-electron chi connectivity index (χ3n) is 4.83. The zero-order valence-corrected chi connectivity index (χ0v) is 12.9. The third-order valence-corrected chi connectivity index (χ3v) is 5.71. The molecule has 0 radical (unpaired) electrons. The van der Waals surface area contributed by atoms with Crippen molar-refractivity contribution in [2.75, 3.05) is 6.54 Å². The maximum absolute atomic E-state index is 6.11. The minimum absolute atomic E-state index is 0.382. The highest BCUT2D eigenvalue weighted by Gasteiger charge is 2.38. The predicted octanol–water partition coefficient (Wildman–Crippen LogP) is 4.47. The Morgan fingerprint density at radius 3 is 2.44 bits per heavy atom. The topological polar surface area (TPSA) is 26.0 Å². The smallest absolute Gasteiger partial charge is 0.00512 e. The zero-order valence-electron chi connectivity index (χ0n) is 12.0. The molecule has 2 N–H and O–H groups in total. The molecule has 1 aromatic rings. The van der Waals surface area contributed by atoms with Crippen LogP contribution in [0.4, 0.5) is 0 Å². The van der Waals surface area contributed by atoms with Crippen molar-refractivity contribution in [3.05, 3.63) is 22.4 Å². The Balaban J connectivity index is 2.00. The van der Waals surface area contributed by atoms with Crippen molar-refractivity contribution in [1.82, 2.24) is 0 Å². The fourth-order valence-electron chi connectivity index (χ4n) is 3.33. The van der Waals surface area contributed by atoms with E-state index in [1.807, 2.05) is 11.3 Å². The number of rotatable bonds is 3. The molecule has 1 aromatic heterocycles. The molecule has 0 amide bonds. The molecule has 1 aliphatic rings. The molecular weight excluding hydrogens is 238 g/mol. The highest BCUT2D eigenvalue weighted by atomic mass is 32.1. The summed E-state index contributed by atoms with van der Waals surface area (Å²) in [6.45, 7) is 7.99. The molecule has 1 heterocycles. The van der Waals surface area contributed by atoms with Crippen LogP contribution < -0.4 is 5.73 Å². The van der Waals surface area contributed by atoms with E-state index in [0.29, 0.717) is 10.8 Å². The van der Waals surface area contributed by atoms with E-state index >= 15 is 0 Å². The molecular formula is C16H27NS. The van der Waals surface area contributed by atoms with Gasteiger partial charge in [0.25, 0.3) is 0 Å². The van der Waals surface area contributed by atoms with Crippen molar-refractivity contribution < 1.29 is 0 Å². The monoisotopic (exact) mass is 265 g/mol. The molecule has 2 heteroatoms. The van der Waals surface area contributed by atoms with Crippen LogP contribution in [0.25, 0.3) is 0 Å². The lowest BCUT2D eigenvalue weighted by atomic mass is 9.63. The van der Waals surface area contributed by atoms with Crippen molar-refractivity contribution in [3.8, 4) is 0 Å². The fourth-order valence-corrected chi connectivity index (χ4v) is 4.21. The van der Waals surface area contributed by atoms with Gasteiger partial charge in [0.15, 0.2) is 0 Å². The maximum atomic E-state index is 6.11. The largest absolute Gasteiger partial charge is 0.330 e. The van der Waals surface area contributed by atoms with E-state index < -0.39 is 0 Å². The van der Waals surface area contributed by atoms with Crippen molar-refractivity contribution in [2.24, 2.45) is 22.5 Å². The highest BCUT2D eigenvalue weighted by Crippen LogP contribution is 2.46. The van der Waals surface area contributed by atoms with Gasteiger partial charge in [0.2, 0.25) is 0 Å². The van der Waals surface area contributed by atoms with Crippen LogP contribution in [0, 0.1) is 16.7 Å². The van der Waals surface area contributed by atoms with Crippen LogP contribution in [0.2, 0.25) is 0 Å². The average Bonchev–Trinajstić information content (AvgIpc) is 2.81. The Bertz CT molecular complexity index is 353. The lowest BCUT2D eigenvalue weighted by Gasteiger charge is -2.43. The molecule has 1 nitrogen and oxygen atoms in total. The number of hydrogen-bond donors (Lipinski definition) is 1. The van der Waals surface area contributed by atoms with Gasteiger partial charge in [-0.25, -0.2) is 0 Å². The minimum Gasteiger partial charge on any atom is -0.330 e. The van der Waals surface area contributed by atoms with Crippen LogP contribution in [0.15, 0.2) is 17.5 Å². The highest BCUT2D eigenvalue weighted by molar-refractivity contribution is 7.09. The molecule has 1 aliphatic carbocycles. The normalized spacial score (nSPS) is 29.4. The molecule has 0 saturated heterocycles. The van der Waals surface area contributed by atoms with E-state index in [2.05, 4.69) is 38.3 Å². The molecule has 0 spiro atoms. The zero-order chi connectivity index (χ0) is 13.2. The number of hydrogen-bond acceptors (Lipinski definition) is 2. The molecule has 0 unspecified atom stereocenters. The molecule has 0 atom stereocenters. The molecule has 0 bridgehead atoms. The quantitative estimate of drug-likeness (QED) is 0.857. The Kier molecular flexibility index (Phi) is 4.18. The second-order valence-corrected chi connectivity index (χ2v) is 8.13. The standard InChI is InChI=1S/C16H27NS/c1-15(2,3)13-6-8-16(12-17,9-7-13)11-14-5-4-10-18-14/h4-5,10,13H,6-9,11-12,17H2,1-3H3. The number of nitrogens with two attached hydrogens (primary N) is 1. The SMILES string of the molecule is CC(C)(C)C1CCC(CN)(Cc2cccs2)CC1. The van der Waals surface area contributed by atoms with Gasteiger partial charge in [-0.3, -0.25) is 0 Å². The molecule has 0 aliphatic heterocycles. The van der Waals surface area contributed by atoms with Gasteiger partial charge in [0, 0.05) is 4.88 Å². The summed E-state index contributed by atoms with van der Waals surface area (Å²) in [4.78, 5) is 1.51. The summed E-state index contributed by atoms with van der Waals surface area (Å²) in [6.07, 6.45) is 6.52. The Morgan fingerprint density at radius 2 is 2.00 bits per heavy atom. The fraction of sp³-hybridized carbons (Fsp3) is 0.750. The summed E-state index contributed by atoms with van der Waals surface area (Å²) in [7, 11) is 0. The van der Waals surface area contributed by atoms with Gasteiger partial charge >= 0.3 is 0 Å². The predicted molar refractivity (Wildman–Crippen MR) is 80.9 cm³/mol. The molecule has 102 valence electrons. The van der Waals surface area contributed by atoms with Crippen LogP contribution in [0.3, 0.4) is 0 Å². The van der Waals surface area contributed by atoms with Gasteiger partial charge < -0.3 is 5.73 Å². The third kappa shape index (κ3) is 3.16. The van der Waals surface area contributed by atoms with Crippen LogP contribution in [-0.2, 0) is 6.42 Å².